The lowest BCUT2D eigenvalue weighted by atomic mass is 9.69. The van der Waals surface area contributed by atoms with Crippen molar-refractivity contribution in [2.45, 2.75) is 51.6 Å². The van der Waals surface area contributed by atoms with E-state index in [2.05, 4.69) is 25.2 Å². The molecule has 206 valence electrons. The van der Waals surface area contributed by atoms with Gasteiger partial charge in [0.25, 0.3) is 0 Å². The first-order valence-corrected chi connectivity index (χ1v) is 13.4. The molecule has 0 bridgehead atoms. The molecule has 0 amide bonds. The first kappa shape index (κ1) is 26.9. The molecular formula is C29H32F3N5O2. The van der Waals surface area contributed by atoms with E-state index in [1.54, 1.807) is 12.3 Å². The first-order valence-electron chi connectivity index (χ1n) is 13.4. The maximum atomic E-state index is 13.1. The van der Waals surface area contributed by atoms with Gasteiger partial charge in [-0.05, 0) is 86.4 Å². The van der Waals surface area contributed by atoms with Crippen molar-refractivity contribution >= 4 is 23.4 Å². The van der Waals surface area contributed by atoms with Crippen LogP contribution in [-0.4, -0.2) is 39.1 Å². The van der Waals surface area contributed by atoms with Crippen LogP contribution in [0.4, 0.5) is 30.6 Å². The van der Waals surface area contributed by atoms with Crippen LogP contribution in [0.25, 0.3) is 11.3 Å². The Hall–Kier alpha value is -3.69. The van der Waals surface area contributed by atoms with E-state index in [4.69, 9.17) is 0 Å². The first-order chi connectivity index (χ1) is 18.7. The third-order valence-electron chi connectivity index (χ3n) is 7.96. The second-order valence-corrected chi connectivity index (χ2v) is 10.6. The van der Waals surface area contributed by atoms with Gasteiger partial charge >= 0.3 is 12.1 Å². The number of carboxylic acid groups (broad SMARTS) is 1. The molecule has 1 saturated carbocycles. The summed E-state index contributed by atoms with van der Waals surface area (Å²) < 4.78 is 39.2. The molecule has 1 aliphatic carbocycles. The van der Waals surface area contributed by atoms with E-state index in [0.717, 1.165) is 86.9 Å². The molecule has 4 heterocycles. The molecule has 1 saturated heterocycles. The molecule has 7 nitrogen and oxygen atoms in total. The normalized spacial score (nSPS) is 20.6. The highest BCUT2D eigenvalue weighted by molar-refractivity contribution is 5.70. The molecule has 2 N–H and O–H groups in total. The molecule has 39 heavy (non-hydrogen) atoms. The maximum absolute atomic E-state index is 13.1. The molecule has 5 rings (SSSR count). The van der Waals surface area contributed by atoms with Crippen LogP contribution in [0.15, 0.2) is 48.8 Å². The van der Waals surface area contributed by atoms with Crippen LogP contribution in [0.3, 0.4) is 0 Å². The number of nitrogens with one attached hydrogen (secondary N) is 1. The van der Waals surface area contributed by atoms with Crippen molar-refractivity contribution in [2.75, 3.05) is 23.3 Å². The number of pyridine rings is 3. The van der Waals surface area contributed by atoms with Gasteiger partial charge in [-0.2, -0.15) is 13.2 Å². The molecule has 0 aromatic carbocycles. The Kier molecular flexibility index (Phi) is 7.72. The number of anilines is 3. The number of hydrogen-bond acceptors (Lipinski definition) is 6. The maximum Gasteiger partial charge on any atom is 0.416 e. The van der Waals surface area contributed by atoms with Gasteiger partial charge in [0.2, 0.25) is 0 Å². The van der Waals surface area contributed by atoms with Crippen molar-refractivity contribution in [3.05, 3.63) is 59.9 Å². The van der Waals surface area contributed by atoms with Crippen LogP contribution in [0, 0.1) is 24.7 Å². The predicted octanol–water partition coefficient (Wildman–Crippen LogP) is 6.72. The van der Waals surface area contributed by atoms with Crippen LogP contribution in [0.2, 0.25) is 0 Å². The number of hydrogen-bond donors (Lipinski definition) is 2. The summed E-state index contributed by atoms with van der Waals surface area (Å²) in [4.78, 5) is 27.2. The van der Waals surface area contributed by atoms with Crippen LogP contribution < -0.4 is 10.2 Å². The molecule has 1 aliphatic heterocycles. The summed E-state index contributed by atoms with van der Waals surface area (Å²) in [6, 6.07) is 9.44. The Labute approximate surface area is 225 Å². The minimum absolute atomic E-state index is 0.0636. The topological polar surface area (TPSA) is 91.2 Å². The molecule has 3 aromatic heterocycles. The zero-order valence-corrected chi connectivity index (χ0v) is 21.8. The number of aliphatic carboxylic acids is 1. The largest absolute Gasteiger partial charge is 0.481 e. The van der Waals surface area contributed by atoms with Crippen LogP contribution in [-0.2, 0) is 11.0 Å². The summed E-state index contributed by atoms with van der Waals surface area (Å²) in [5.74, 6) is 1.19. The fraction of sp³-hybridized carbons (Fsp3) is 0.448. The van der Waals surface area contributed by atoms with Crippen molar-refractivity contribution in [1.82, 2.24) is 15.0 Å². The average molecular weight is 540 g/mol. The number of rotatable bonds is 6. The summed E-state index contributed by atoms with van der Waals surface area (Å²) >= 11 is 0. The number of alkyl halides is 3. The zero-order chi connectivity index (χ0) is 27.6. The summed E-state index contributed by atoms with van der Waals surface area (Å²) in [6.07, 6.45) is 4.30. The van der Waals surface area contributed by atoms with Crippen molar-refractivity contribution in [3.63, 3.8) is 0 Å². The SMILES string of the molecule is Cc1cc(Nc2cc(C(F)(F)F)ccn2)nc(-c2ccc(N3CCC(C4CCCCC4C(=O)O)CC3)nc2)c1. The monoisotopic (exact) mass is 539 g/mol. The van der Waals surface area contributed by atoms with E-state index in [1.165, 1.54) is 0 Å². The quantitative estimate of drug-likeness (QED) is 0.359. The second-order valence-electron chi connectivity index (χ2n) is 10.6. The van der Waals surface area contributed by atoms with Gasteiger partial charge in [0.05, 0.1) is 17.2 Å². The van der Waals surface area contributed by atoms with Crippen LogP contribution in [0.1, 0.15) is 49.7 Å². The summed E-state index contributed by atoms with van der Waals surface area (Å²) in [5, 5.41) is 12.5. The van der Waals surface area contributed by atoms with Crippen molar-refractivity contribution < 1.29 is 23.1 Å². The lowest BCUT2D eigenvalue weighted by molar-refractivity contribution is -0.146. The second kappa shape index (κ2) is 11.2. The fourth-order valence-corrected chi connectivity index (χ4v) is 6.00. The highest BCUT2D eigenvalue weighted by atomic mass is 19.4. The van der Waals surface area contributed by atoms with E-state index in [0.29, 0.717) is 17.4 Å². The van der Waals surface area contributed by atoms with Gasteiger partial charge in [0.1, 0.15) is 17.5 Å². The van der Waals surface area contributed by atoms with Gasteiger partial charge in [-0.15, -0.1) is 0 Å². The highest BCUT2D eigenvalue weighted by Gasteiger charge is 2.37. The van der Waals surface area contributed by atoms with E-state index >= 15 is 0 Å². The summed E-state index contributed by atoms with van der Waals surface area (Å²) in [6.45, 7) is 3.59. The van der Waals surface area contributed by atoms with Gasteiger partial charge < -0.3 is 15.3 Å². The number of aryl methyl sites for hydroxylation is 1. The Balaban J connectivity index is 1.25. The van der Waals surface area contributed by atoms with Crippen LogP contribution >= 0.6 is 0 Å². The van der Waals surface area contributed by atoms with E-state index < -0.39 is 17.7 Å². The van der Waals surface area contributed by atoms with E-state index in [-0.39, 0.29) is 17.7 Å². The van der Waals surface area contributed by atoms with E-state index in [9.17, 15) is 23.1 Å². The summed E-state index contributed by atoms with van der Waals surface area (Å²) in [7, 11) is 0. The molecule has 2 fully saturated rings. The Morgan fingerprint density at radius 3 is 2.46 bits per heavy atom. The average Bonchev–Trinajstić information content (AvgIpc) is 2.92. The Bertz CT molecular complexity index is 1310. The molecule has 10 heteroatoms. The van der Waals surface area contributed by atoms with Crippen LogP contribution in [0.5, 0.6) is 0 Å². The number of halogens is 3. The smallest absolute Gasteiger partial charge is 0.416 e. The standard InChI is InChI=1S/C29H32F3N5O2/c1-18-14-24(35-26(15-18)36-25-16-21(8-11-33-25)29(30,31)32)20-6-7-27(34-17-20)37-12-9-19(10-13-37)22-4-2-3-5-23(22)28(38)39/h6-8,11,14-17,19,22-23H,2-5,9-10,12-13H2,1H3,(H,38,39)(H,33,35,36). The summed E-state index contributed by atoms with van der Waals surface area (Å²) in [5.41, 5.74) is 1.56. The van der Waals surface area contributed by atoms with E-state index in [1.807, 2.05) is 25.1 Å². The molecule has 0 spiro atoms. The Morgan fingerprint density at radius 2 is 1.77 bits per heavy atom. The van der Waals surface area contributed by atoms with Crippen molar-refractivity contribution in [1.29, 1.82) is 0 Å². The Morgan fingerprint density at radius 1 is 1.00 bits per heavy atom. The van der Waals surface area contributed by atoms with Gasteiger partial charge in [-0.25, -0.2) is 15.0 Å². The molecule has 2 aliphatic rings. The minimum atomic E-state index is -4.45. The lowest BCUT2D eigenvalue weighted by Crippen LogP contribution is -2.40. The number of carboxylic acids is 1. The van der Waals surface area contributed by atoms with Gasteiger partial charge in [-0.3, -0.25) is 4.79 Å². The van der Waals surface area contributed by atoms with Gasteiger partial charge in [0, 0.05) is 31.0 Å². The molecule has 2 unspecified atom stereocenters. The molecular weight excluding hydrogens is 507 g/mol. The number of carbonyl (C=O) groups is 1. The third-order valence-corrected chi connectivity index (χ3v) is 7.96. The number of aromatic nitrogens is 3. The van der Waals surface area contributed by atoms with Crippen molar-refractivity contribution in [3.8, 4) is 11.3 Å². The number of nitrogens with zero attached hydrogens (tertiary/aromatic N) is 4. The molecule has 2 atom stereocenters. The van der Waals surface area contributed by atoms with Gasteiger partial charge in [-0.1, -0.05) is 12.8 Å². The van der Waals surface area contributed by atoms with Gasteiger partial charge in [0.15, 0.2) is 0 Å². The third kappa shape index (κ3) is 6.32. The highest BCUT2D eigenvalue weighted by Crippen LogP contribution is 2.40. The molecule has 3 aromatic rings. The fourth-order valence-electron chi connectivity index (χ4n) is 6.00. The lowest BCUT2D eigenvalue weighted by Gasteiger charge is -2.40. The zero-order valence-electron chi connectivity index (χ0n) is 21.8. The minimum Gasteiger partial charge on any atom is -0.481 e. The number of piperidine rings is 1. The molecule has 0 radical (unpaired) electrons. The predicted molar refractivity (Wildman–Crippen MR) is 143 cm³/mol. The van der Waals surface area contributed by atoms with Crippen molar-refractivity contribution in [2.24, 2.45) is 17.8 Å².